The Labute approximate surface area is 127 Å². The largest absolute Gasteiger partial charge is 0.447 e. The number of nitrogens with zero attached hydrogens (tertiary/aromatic N) is 1. The Balaban J connectivity index is 2.30. The van der Waals surface area contributed by atoms with Gasteiger partial charge in [-0.1, -0.05) is 13.8 Å². The minimum absolute atomic E-state index is 0.187. The number of nitrogens with one attached hydrogen (secondary N) is 1. The Kier molecular flexibility index (Phi) is 7.37. The van der Waals surface area contributed by atoms with Gasteiger partial charge in [0.1, 0.15) is 5.76 Å². The van der Waals surface area contributed by atoms with Crippen molar-refractivity contribution in [2.24, 2.45) is 5.14 Å². The molecule has 1 unspecified atom stereocenters. The summed E-state index contributed by atoms with van der Waals surface area (Å²) in [4.78, 5) is 2.40. The van der Waals surface area contributed by atoms with Gasteiger partial charge in [-0.25, -0.2) is 13.6 Å². The quantitative estimate of drug-likeness (QED) is 0.683. The molecular weight excluding hydrogens is 290 g/mol. The van der Waals surface area contributed by atoms with E-state index in [1.54, 1.807) is 6.07 Å². The molecule has 0 spiro atoms. The van der Waals surface area contributed by atoms with E-state index in [0.29, 0.717) is 18.3 Å². The lowest BCUT2D eigenvalue weighted by atomic mass is 10.1. The van der Waals surface area contributed by atoms with Crippen LogP contribution in [0.2, 0.25) is 0 Å². The molecule has 1 heterocycles. The predicted molar refractivity (Wildman–Crippen MR) is 83.4 cm³/mol. The van der Waals surface area contributed by atoms with E-state index in [0.717, 1.165) is 32.5 Å². The zero-order valence-corrected chi connectivity index (χ0v) is 13.9. The van der Waals surface area contributed by atoms with Crippen molar-refractivity contribution >= 4 is 10.0 Å². The molecule has 1 rings (SSSR count). The molecule has 0 bridgehead atoms. The first-order valence-electron chi connectivity index (χ1n) is 7.44. The average Bonchev–Trinajstić information content (AvgIpc) is 2.90. The minimum Gasteiger partial charge on any atom is -0.447 e. The molecule has 1 atom stereocenters. The van der Waals surface area contributed by atoms with Crippen molar-refractivity contribution < 1.29 is 12.8 Å². The van der Waals surface area contributed by atoms with Crippen LogP contribution in [0.1, 0.15) is 39.4 Å². The highest BCUT2D eigenvalue weighted by Crippen LogP contribution is 2.12. The van der Waals surface area contributed by atoms with Crippen molar-refractivity contribution in [2.45, 2.75) is 51.3 Å². The lowest BCUT2D eigenvalue weighted by molar-refractivity contribution is 0.289. The third kappa shape index (κ3) is 6.60. The lowest BCUT2D eigenvalue weighted by Gasteiger charge is -2.19. The number of hydrogen-bond donors (Lipinski definition) is 2. The van der Waals surface area contributed by atoms with Gasteiger partial charge in [0, 0.05) is 6.04 Å². The highest BCUT2D eigenvalue weighted by molar-refractivity contribution is 7.89. The highest BCUT2D eigenvalue weighted by atomic mass is 32.2. The number of sulfonamides is 1. The molecule has 0 aliphatic rings. The molecule has 0 aliphatic carbocycles. The van der Waals surface area contributed by atoms with Gasteiger partial charge >= 0.3 is 0 Å². The molecule has 6 nitrogen and oxygen atoms in total. The summed E-state index contributed by atoms with van der Waals surface area (Å²) in [5, 5.41) is 8.14. The van der Waals surface area contributed by atoms with E-state index in [9.17, 15) is 8.42 Å². The van der Waals surface area contributed by atoms with Gasteiger partial charge in [0.2, 0.25) is 5.09 Å². The summed E-state index contributed by atoms with van der Waals surface area (Å²) < 4.78 is 27.4. The number of primary sulfonamides is 1. The fourth-order valence-electron chi connectivity index (χ4n) is 2.14. The van der Waals surface area contributed by atoms with Crippen molar-refractivity contribution in [1.29, 1.82) is 0 Å². The summed E-state index contributed by atoms with van der Waals surface area (Å²) in [5.41, 5.74) is 0. The normalized spacial score (nSPS) is 13.8. The van der Waals surface area contributed by atoms with Crippen LogP contribution in [0.4, 0.5) is 0 Å². The van der Waals surface area contributed by atoms with Crippen molar-refractivity contribution in [3.05, 3.63) is 17.9 Å². The van der Waals surface area contributed by atoms with Gasteiger partial charge in [0.05, 0.1) is 6.54 Å². The third-order valence-electron chi connectivity index (χ3n) is 3.55. The first kappa shape index (κ1) is 18.2. The van der Waals surface area contributed by atoms with Crippen LogP contribution >= 0.6 is 0 Å². The van der Waals surface area contributed by atoms with Crippen LogP contribution < -0.4 is 10.5 Å². The van der Waals surface area contributed by atoms with E-state index in [-0.39, 0.29) is 5.09 Å². The maximum Gasteiger partial charge on any atom is 0.271 e. The van der Waals surface area contributed by atoms with Gasteiger partial charge in [-0.2, -0.15) is 0 Å². The molecule has 0 amide bonds. The van der Waals surface area contributed by atoms with Gasteiger partial charge in [-0.05, 0) is 51.5 Å². The van der Waals surface area contributed by atoms with Gasteiger partial charge in [-0.15, -0.1) is 0 Å². The van der Waals surface area contributed by atoms with Crippen LogP contribution in [-0.2, 0) is 16.6 Å². The highest BCUT2D eigenvalue weighted by Gasteiger charge is 2.13. The van der Waals surface area contributed by atoms with Gasteiger partial charge in [-0.3, -0.25) is 0 Å². The molecule has 1 aromatic rings. The second-order valence-electron chi connectivity index (χ2n) is 5.22. The van der Waals surface area contributed by atoms with Gasteiger partial charge in [0.25, 0.3) is 10.0 Å². The molecule has 21 heavy (non-hydrogen) atoms. The topological polar surface area (TPSA) is 88.6 Å². The molecule has 7 heteroatoms. The van der Waals surface area contributed by atoms with Crippen molar-refractivity contribution in [2.75, 3.05) is 19.6 Å². The van der Waals surface area contributed by atoms with E-state index in [1.165, 1.54) is 6.07 Å². The number of rotatable bonds is 10. The van der Waals surface area contributed by atoms with E-state index in [1.807, 2.05) is 0 Å². The molecule has 1 aromatic heterocycles. The molecule has 3 N–H and O–H groups in total. The average molecular weight is 317 g/mol. The monoisotopic (exact) mass is 317 g/mol. The second kappa shape index (κ2) is 8.53. The summed E-state index contributed by atoms with van der Waals surface area (Å²) in [6, 6.07) is 3.37. The second-order valence-corrected chi connectivity index (χ2v) is 6.71. The lowest BCUT2D eigenvalue weighted by Crippen LogP contribution is -2.28. The van der Waals surface area contributed by atoms with Crippen LogP contribution in [0.15, 0.2) is 21.6 Å². The smallest absolute Gasteiger partial charge is 0.271 e. The maximum atomic E-state index is 11.1. The van der Waals surface area contributed by atoms with E-state index < -0.39 is 10.0 Å². The molecule has 0 aromatic carbocycles. The molecule has 0 aliphatic heterocycles. The summed E-state index contributed by atoms with van der Waals surface area (Å²) in [7, 11) is -3.75. The summed E-state index contributed by atoms with van der Waals surface area (Å²) >= 11 is 0. The minimum atomic E-state index is -3.75. The van der Waals surface area contributed by atoms with E-state index >= 15 is 0 Å². The van der Waals surface area contributed by atoms with Crippen molar-refractivity contribution in [3.63, 3.8) is 0 Å². The number of furan rings is 1. The molecule has 0 fully saturated rings. The fourth-order valence-corrected chi connectivity index (χ4v) is 2.62. The first-order valence-corrected chi connectivity index (χ1v) is 8.98. The van der Waals surface area contributed by atoms with Gasteiger partial charge in [0.15, 0.2) is 0 Å². The number of hydrogen-bond acceptors (Lipinski definition) is 5. The first-order chi connectivity index (χ1) is 9.86. The van der Waals surface area contributed by atoms with Crippen LogP contribution in [-0.4, -0.2) is 39.0 Å². The van der Waals surface area contributed by atoms with Crippen molar-refractivity contribution in [3.8, 4) is 0 Å². The van der Waals surface area contributed by atoms with E-state index in [2.05, 4.69) is 31.0 Å². The number of nitrogens with two attached hydrogens (primary N) is 1. The molecular formula is C14H27N3O3S. The Morgan fingerprint density at radius 1 is 1.33 bits per heavy atom. The van der Waals surface area contributed by atoms with Gasteiger partial charge < -0.3 is 14.6 Å². The Morgan fingerprint density at radius 3 is 2.52 bits per heavy atom. The summed E-state index contributed by atoms with van der Waals surface area (Å²) in [6.07, 6.45) is 2.20. The fraction of sp³-hybridized carbons (Fsp3) is 0.714. The maximum absolute atomic E-state index is 11.1. The van der Waals surface area contributed by atoms with Crippen LogP contribution in [0, 0.1) is 0 Å². The zero-order valence-electron chi connectivity index (χ0n) is 13.1. The van der Waals surface area contributed by atoms with Crippen LogP contribution in [0.5, 0.6) is 0 Å². The zero-order chi connectivity index (χ0) is 15.9. The summed E-state index contributed by atoms with van der Waals surface area (Å²) in [6.45, 7) is 10.2. The molecule has 0 saturated heterocycles. The molecule has 122 valence electrons. The third-order valence-corrected chi connectivity index (χ3v) is 4.33. The Bertz CT molecular complexity index is 509. The van der Waals surface area contributed by atoms with Crippen molar-refractivity contribution in [1.82, 2.24) is 10.2 Å². The Morgan fingerprint density at radius 2 is 2.00 bits per heavy atom. The molecule has 0 saturated carbocycles. The predicted octanol–water partition coefficient (Wildman–Crippen LogP) is 1.53. The van der Waals surface area contributed by atoms with E-state index in [4.69, 9.17) is 9.56 Å². The van der Waals surface area contributed by atoms with Crippen LogP contribution in [0.3, 0.4) is 0 Å². The Hall–Kier alpha value is -0.890. The summed E-state index contributed by atoms with van der Waals surface area (Å²) in [5.74, 6) is 0.578. The molecule has 0 radical (unpaired) electrons. The standard InChI is InChI=1S/C14H27N3O3S/c1-4-17(5-2)10-6-7-12(3)16-11-13-8-9-14(20-13)21(15,18)19/h8-9,12,16H,4-7,10-11H2,1-3H3,(H2,15,18,19). The SMILES string of the molecule is CCN(CC)CCCC(C)NCc1ccc(S(N)(=O)=O)o1. The van der Waals surface area contributed by atoms with Crippen LogP contribution in [0.25, 0.3) is 0 Å².